The fourth-order valence-corrected chi connectivity index (χ4v) is 1.44. The topological polar surface area (TPSA) is 64.4 Å². The molecule has 0 aromatic carbocycles. The summed E-state index contributed by atoms with van der Waals surface area (Å²) < 4.78 is 0. The van der Waals surface area contributed by atoms with Crippen LogP contribution < -0.4 is 0 Å². The summed E-state index contributed by atoms with van der Waals surface area (Å²) in [6.45, 7) is 1.61. The zero-order chi connectivity index (χ0) is 12.5. The standard InChI is InChI=1S/C11H13N3O2/c1-7-8(5-12)10(15)14(4)11(16)9(7)6-13(2)3/h6H,1-4H3. The summed E-state index contributed by atoms with van der Waals surface area (Å²) in [7, 11) is 4.92. The molecule has 1 rings (SSSR count). The number of imide groups is 1. The van der Waals surface area contributed by atoms with Crippen LogP contribution in [0.1, 0.15) is 6.92 Å². The fourth-order valence-electron chi connectivity index (χ4n) is 1.44. The van der Waals surface area contributed by atoms with Crippen LogP contribution in [-0.4, -0.2) is 42.8 Å². The van der Waals surface area contributed by atoms with Gasteiger partial charge in [0.25, 0.3) is 11.8 Å². The molecule has 84 valence electrons. The minimum atomic E-state index is -0.541. The molecule has 0 atom stereocenters. The van der Waals surface area contributed by atoms with Crippen molar-refractivity contribution in [1.29, 1.82) is 5.26 Å². The van der Waals surface area contributed by atoms with Gasteiger partial charge in [0, 0.05) is 27.3 Å². The molecule has 0 spiro atoms. The Morgan fingerprint density at radius 1 is 1.31 bits per heavy atom. The zero-order valence-electron chi connectivity index (χ0n) is 9.74. The van der Waals surface area contributed by atoms with Crippen LogP contribution >= 0.6 is 0 Å². The summed E-state index contributed by atoms with van der Waals surface area (Å²) in [6.07, 6.45) is 1.61. The van der Waals surface area contributed by atoms with Crippen LogP contribution in [0.25, 0.3) is 0 Å². The van der Waals surface area contributed by atoms with Gasteiger partial charge in [-0.25, -0.2) is 0 Å². The predicted molar refractivity (Wildman–Crippen MR) is 57.9 cm³/mol. The first-order chi connectivity index (χ1) is 7.40. The smallest absolute Gasteiger partial charge is 0.271 e. The maximum atomic E-state index is 11.8. The lowest BCUT2D eigenvalue weighted by Gasteiger charge is -2.24. The fraction of sp³-hybridized carbons (Fsp3) is 0.364. The van der Waals surface area contributed by atoms with Gasteiger partial charge in [0.2, 0.25) is 0 Å². The summed E-state index contributed by atoms with van der Waals surface area (Å²) >= 11 is 0. The summed E-state index contributed by atoms with van der Waals surface area (Å²) in [5.74, 6) is -0.920. The van der Waals surface area contributed by atoms with E-state index in [-0.39, 0.29) is 11.5 Å². The molecule has 0 unspecified atom stereocenters. The molecule has 5 heteroatoms. The van der Waals surface area contributed by atoms with E-state index in [0.717, 1.165) is 4.90 Å². The Kier molecular flexibility index (Phi) is 3.14. The summed E-state index contributed by atoms with van der Waals surface area (Å²) in [5.41, 5.74) is 0.836. The second-order valence-corrected chi connectivity index (χ2v) is 3.79. The number of carbonyl (C=O) groups is 2. The molecule has 0 saturated carbocycles. The van der Waals surface area contributed by atoms with Gasteiger partial charge in [0.05, 0.1) is 5.57 Å². The Morgan fingerprint density at radius 2 is 1.88 bits per heavy atom. The maximum absolute atomic E-state index is 11.8. The van der Waals surface area contributed by atoms with Gasteiger partial charge in [-0.1, -0.05) is 0 Å². The van der Waals surface area contributed by atoms with Gasteiger partial charge >= 0.3 is 0 Å². The molecular weight excluding hydrogens is 206 g/mol. The quantitative estimate of drug-likeness (QED) is 0.469. The van der Waals surface area contributed by atoms with Crippen molar-refractivity contribution in [3.8, 4) is 6.07 Å². The van der Waals surface area contributed by atoms with Gasteiger partial charge in [0.15, 0.2) is 0 Å². The van der Waals surface area contributed by atoms with E-state index in [4.69, 9.17) is 5.26 Å². The van der Waals surface area contributed by atoms with Crippen LogP contribution in [0, 0.1) is 11.3 Å². The molecule has 0 radical (unpaired) electrons. The highest BCUT2D eigenvalue weighted by molar-refractivity contribution is 6.17. The highest BCUT2D eigenvalue weighted by Crippen LogP contribution is 2.23. The SMILES string of the molecule is CC1=C(C#N)C(=O)N(C)C(=O)C1=CN(C)C. The lowest BCUT2D eigenvalue weighted by Crippen LogP contribution is -2.40. The molecule has 2 amide bonds. The van der Waals surface area contributed by atoms with Crippen molar-refractivity contribution in [2.24, 2.45) is 0 Å². The molecule has 1 aliphatic heterocycles. The number of rotatable bonds is 1. The Labute approximate surface area is 94.2 Å². The van der Waals surface area contributed by atoms with Gasteiger partial charge in [-0.3, -0.25) is 14.5 Å². The van der Waals surface area contributed by atoms with Crippen LogP contribution in [-0.2, 0) is 9.59 Å². The summed E-state index contributed by atoms with van der Waals surface area (Å²) in [6, 6.07) is 1.83. The number of hydrogen-bond acceptors (Lipinski definition) is 4. The molecule has 16 heavy (non-hydrogen) atoms. The van der Waals surface area contributed by atoms with E-state index in [2.05, 4.69) is 0 Å². The van der Waals surface area contributed by atoms with Crippen molar-refractivity contribution >= 4 is 11.8 Å². The van der Waals surface area contributed by atoms with E-state index in [0.29, 0.717) is 11.1 Å². The molecule has 0 aliphatic carbocycles. The number of nitriles is 1. The van der Waals surface area contributed by atoms with Gasteiger partial charge in [0.1, 0.15) is 11.6 Å². The molecule has 0 fully saturated rings. The van der Waals surface area contributed by atoms with E-state index in [1.165, 1.54) is 7.05 Å². The number of likely N-dealkylation sites (N-methyl/N-ethyl adjacent to an activating group) is 1. The second-order valence-electron chi connectivity index (χ2n) is 3.79. The van der Waals surface area contributed by atoms with Crippen LogP contribution in [0.3, 0.4) is 0 Å². The third-order valence-electron chi connectivity index (χ3n) is 2.33. The minimum Gasteiger partial charge on any atom is -0.383 e. The van der Waals surface area contributed by atoms with Gasteiger partial charge in [-0.2, -0.15) is 5.26 Å². The molecule has 0 aromatic heterocycles. The van der Waals surface area contributed by atoms with Crippen LogP contribution in [0.15, 0.2) is 22.9 Å². The van der Waals surface area contributed by atoms with Crippen molar-refractivity contribution < 1.29 is 9.59 Å². The van der Waals surface area contributed by atoms with Crippen molar-refractivity contribution in [3.63, 3.8) is 0 Å². The van der Waals surface area contributed by atoms with Crippen LogP contribution in [0.2, 0.25) is 0 Å². The predicted octanol–water partition coefficient (Wildman–Crippen LogP) is 0.271. The van der Waals surface area contributed by atoms with Crippen molar-refractivity contribution in [3.05, 3.63) is 22.9 Å². The molecule has 1 aliphatic rings. The molecule has 0 N–H and O–H groups in total. The van der Waals surface area contributed by atoms with Crippen molar-refractivity contribution in [2.75, 3.05) is 21.1 Å². The highest BCUT2D eigenvalue weighted by atomic mass is 16.2. The maximum Gasteiger partial charge on any atom is 0.271 e. The third-order valence-corrected chi connectivity index (χ3v) is 2.33. The normalized spacial score (nSPS) is 19.2. The van der Waals surface area contributed by atoms with E-state index in [1.54, 1.807) is 32.1 Å². The Bertz CT molecular complexity index is 452. The van der Waals surface area contributed by atoms with E-state index < -0.39 is 5.91 Å². The average Bonchev–Trinajstić information content (AvgIpc) is 2.22. The average molecular weight is 219 g/mol. The number of nitrogens with zero attached hydrogens (tertiary/aromatic N) is 3. The first-order valence-corrected chi connectivity index (χ1v) is 4.72. The monoisotopic (exact) mass is 219 g/mol. The first kappa shape index (κ1) is 12.0. The highest BCUT2D eigenvalue weighted by Gasteiger charge is 2.32. The van der Waals surface area contributed by atoms with Gasteiger partial charge in [-0.05, 0) is 12.5 Å². The number of amides is 2. The lowest BCUT2D eigenvalue weighted by molar-refractivity contribution is -0.138. The number of carbonyl (C=O) groups excluding carboxylic acids is 2. The van der Waals surface area contributed by atoms with E-state index in [1.807, 2.05) is 6.07 Å². The zero-order valence-corrected chi connectivity index (χ0v) is 9.74. The second kappa shape index (κ2) is 4.19. The van der Waals surface area contributed by atoms with Crippen molar-refractivity contribution in [2.45, 2.75) is 6.92 Å². The Balaban J connectivity index is 3.41. The van der Waals surface area contributed by atoms with E-state index >= 15 is 0 Å². The molecule has 0 saturated heterocycles. The largest absolute Gasteiger partial charge is 0.383 e. The molecule has 0 aromatic rings. The van der Waals surface area contributed by atoms with E-state index in [9.17, 15) is 9.59 Å². The minimum absolute atomic E-state index is 0.0233. The van der Waals surface area contributed by atoms with Crippen LogP contribution in [0.4, 0.5) is 0 Å². The molecular formula is C11H13N3O2. The Hall–Kier alpha value is -2.09. The third kappa shape index (κ3) is 1.82. The van der Waals surface area contributed by atoms with Crippen LogP contribution in [0.5, 0.6) is 0 Å². The molecule has 0 bridgehead atoms. The van der Waals surface area contributed by atoms with Crippen molar-refractivity contribution in [1.82, 2.24) is 9.80 Å². The summed E-state index contributed by atoms with van der Waals surface area (Å²) in [4.78, 5) is 26.1. The number of hydrogen-bond donors (Lipinski definition) is 0. The van der Waals surface area contributed by atoms with Gasteiger partial charge in [-0.15, -0.1) is 0 Å². The summed E-state index contributed by atoms with van der Waals surface area (Å²) in [5, 5.41) is 8.88. The lowest BCUT2D eigenvalue weighted by atomic mass is 9.96. The van der Waals surface area contributed by atoms with Gasteiger partial charge < -0.3 is 4.90 Å². The Morgan fingerprint density at radius 3 is 2.31 bits per heavy atom. The molecule has 5 nitrogen and oxygen atoms in total. The first-order valence-electron chi connectivity index (χ1n) is 4.72. The molecule has 1 heterocycles.